The minimum Gasteiger partial charge on any atom is -0.399 e. The number of ketones is 1. The van der Waals surface area contributed by atoms with E-state index in [1.165, 1.54) is 11.8 Å². The van der Waals surface area contributed by atoms with Crippen LogP contribution in [0.5, 0.6) is 0 Å². The van der Waals surface area contributed by atoms with Gasteiger partial charge in [-0.2, -0.15) is 0 Å². The number of nitrogens with zero attached hydrogens (tertiary/aromatic N) is 2. The molecule has 0 aromatic heterocycles. The smallest absolute Gasteiger partial charge is 0.251 e. The normalized spacial score (nSPS) is 23.2. The minimum absolute atomic E-state index is 0.0775. The highest BCUT2D eigenvalue weighted by atomic mass is 16.2. The lowest BCUT2D eigenvalue weighted by atomic mass is 9.75. The Hall–Kier alpha value is -3.43. The van der Waals surface area contributed by atoms with Crippen molar-refractivity contribution in [2.24, 2.45) is 5.92 Å². The molecule has 4 N–H and O–H groups in total. The largest absolute Gasteiger partial charge is 0.399 e. The average Bonchev–Trinajstić information content (AvgIpc) is 3.36. The molecule has 2 saturated heterocycles. The molecule has 194 valence electrons. The van der Waals surface area contributed by atoms with E-state index in [1.807, 2.05) is 13.8 Å². The second-order valence-electron chi connectivity index (χ2n) is 10.6. The maximum Gasteiger partial charge on any atom is 0.251 e. The van der Waals surface area contributed by atoms with Crippen LogP contribution in [0.4, 0.5) is 5.69 Å². The van der Waals surface area contributed by atoms with Gasteiger partial charge in [-0.15, -0.1) is 0 Å². The molecule has 3 aliphatic rings. The Balaban J connectivity index is 1.50. The Morgan fingerprint density at radius 1 is 1.11 bits per heavy atom. The zero-order valence-electron chi connectivity index (χ0n) is 21.1. The van der Waals surface area contributed by atoms with Crippen LogP contribution in [0, 0.1) is 5.92 Å². The number of anilines is 1. The summed E-state index contributed by atoms with van der Waals surface area (Å²) in [4.78, 5) is 67.9. The van der Waals surface area contributed by atoms with Gasteiger partial charge in [0.25, 0.3) is 5.91 Å². The summed E-state index contributed by atoms with van der Waals surface area (Å²) < 4.78 is 0. The molecule has 1 aromatic carbocycles. The minimum atomic E-state index is -0.953. The van der Waals surface area contributed by atoms with Gasteiger partial charge in [-0.3, -0.25) is 24.0 Å². The van der Waals surface area contributed by atoms with Gasteiger partial charge in [-0.05, 0) is 62.3 Å². The number of amides is 4. The van der Waals surface area contributed by atoms with Crippen LogP contribution in [0.1, 0.15) is 63.2 Å². The second kappa shape index (κ2) is 9.91. The molecule has 1 aliphatic carbocycles. The molecule has 0 spiro atoms. The number of hydrogen-bond donors (Lipinski definition) is 3. The molecule has 10 heteroatoms. The number of benzene rings is 1. The van der Waals surface area contributed by atoms with Gasteiger partial charge in [0.05, 0.1) is 12.6 Å². The summed E-state index contributed by atoms with van der Waals surface area (Å²) in [7, 11) is 0. The van der Waals surface area contributed by atoms with Crippen LogP contribution in [-0.4, -0.2) is 76.0 Å². The SMILES string of the molecule is CC(=O)NC1(C(=O)N2CC(=O)C3C2CCN3C(=O)C(CC(C)C)NC(=O)c2ccc(N)cc2)CCC1. The molecular formula is C26H35N5O5. The van der Waals surface area contributed by atoms with E-state index in [0.717, 1.165) is 6.42 Å². The quantitative estimate of drug-likeness (QED) is 0.477. The molecular weight excluding hydrogens is 462 g/mol. The van der Waals surface area contributed by atoms with Crippen LogP contribution < -0.4 is 16.4 Å². The van der Waals surface area contributed by atoms with Gasteiger partial charge in [0.15, 0.2) is 5.78 Å². The summed E-state index contributed by atoms with van der Waals surface area (Å²) in [6, 6.07) is 4.48. The highest BCUT2D eigenvalue weighted by molar-refractivity contribution is 6.02. The van der Waals surface area contributed by atoms with Crippen LogP contribution in [0.15, 0.2) is 24.3 Å². The Morgan fingerprint density at radius 3 is 2.33 bits per heavy atom. The molecule has 2 heterocycles. The van der Waals surface area contributed by atoms with Crippen LogP contribution in [0.25, 0.3) is 0 Å². The summed E-state index contributed by atoms with van der Waals surface area (Å²) in [6.45, 7) is 5.55. The Labute approximate surface area is 210 Å². The molecule has 10 nitrogen and oxygen atoms in total. The topological polar surface area (TPSA) is 142 Å². The van der Waals surface area contributed by atoms with Crippen molar-refractivity contribution in [2.75, 3.05) is 18.8 Å². The van der Waals surface area contributed by atoms with E-state index in [2.05, 4.69) is 10.6 Å². The predicted octanol–water partition coefficient (Wildman–Crippen LogP) is 0.853. The van der Waals surface area contributed by atoms with Crippen molar-refractivity contribution in [3.63, 3.8) is 0 Å². The van der Waals surface area contributed by atoms with Crippen molar-refractivity contribution in [1.82, 2.24) is 20.4 Å². The lowest BCUT2D eigenvalue weighted by molar-refractivity contribution is -0.146. The maximum atomic E-state index is 13.7. The first kappa shape index (κ1) is 25.7. The van der Waals surface area contributed by atoms with Crippen LogP contribution in [-0.2, 0) is 19.2 Å². The molecule has 2 aliphatic heterocycles. The first-order valence-electron chi connectivity index (χ1n) is 12.6. The average molecular weight is 498 g/mol. The summed E-state index contributed by atoms with van der Waals surface area (Å²) in [6.07, 6.45) is 2.81. The Bertz CT molecular complexity index is 1060. The number of Topliss-reactive ketones (excluding diaryl/α,β-unsaturated/α-hetero) is 1. The number of fused-ring (bicyclic) bond motifs is 1. The van der Waals surface area contributed by atoms with Crippen LogP contribution in [0.3, 0.4) is 0 Å². The van der Waals surface area contributed by atoms with Crippen LogP contribution in [0.2, 0.25) is 0 Å². The molecule has 1 saturated carbocycles. The van der Waals surface area contributed by atoms with E-state index >= 15 is 0 Å². The number of rotatable bonds is 7. The number of likely N-dealkylation sites (tertiary alicyclic amines) is 2. The molecule has 3 unspecified atom stereocenters. The summed E-state index contributed by atoms with van der Waals surface area (Å²) in [5, 5.41) is 5.64. The lowest BCUT2D eigenvalue weighted by Gasteiger charge is -2.43. The number of hydrogen-bond acceptors (Lipinski definition) is 6. The molecule has 3 atom stereocenters. The molecule has 4 rings (SSSR count). The van der Waals surface area contributed by atoms with Gasteiger partial charge in [0.2, 0.25) is 17.7 Å². The second-order valence-corrected chi connectivity index (χ2v) is 10.6. The van der Waals surface area contributed by atoms with Crippen molar-refractivity contribution in [3.8, 4) is 0 Å². The molecule has 0 bridgehead atoms. The molecule has 3 fully saturated rings. The van der Waals surface area contributed by atoms with E-state index in [9.17, 15) is 24.0 Å². The standard InChI is InChI=1S/C26H35N5O5/c1-15(2)13-19(28-23(34)17-5-7-18(27)8-6-17)24(35)30-12-9-20-22(30)21(33)14-31(20)25(36)26(10-4-11-26)29-16(3)32/h5-8,15,19-20,22H,4,9-14,27H2,1-3H3,(H,28,34)(H,29,32). The van der Waals surface area contributed by atoms with E-state index in [4.69, 9.17) is 5.73 Å². The third-order valence-electron chi connectivity index (χ3n) is 7.48. The van der Waals surface area contributed by atoms with E-state index in [0.29, 0.717) is 43.5 Å². The molecule has 4 amide bonds. The van der Waals surface area contributed by atoms with Gasteiger partial charge >= 0.3 is 0 Å². The van der Waals surface area contributed by atoms with Gasteiger partial charge in [-0.25, -0.2) is 0 Å². The fraction of sp³-hybridized carbons (Fsp3) is 0.577. The fourth-order valence-electron chi connectivity index (χ4n) is 5.64. The lowest BCUT2D eigenvalue weighted by Crippen LogP contribution is -2.64. The first-order chi connectivity index (χ1) is 17.0. The third-order valence-corrected chi connectivity index (χ3v) is 7.48. The van der Waals surface area contributed by atoms with Crippen molar-refractivity contribution in [1.29, 1.82) is 0 Å². The third kappa shape index (κ3) is 4.81. The zero-order valence-corrected chi connectivity index (χ0v) is 21.1. The number of nitrogen functional groups attached to an aromatic ring is 1. The van der Waals surface area contributed by atoms with E-state index in [-0.39, 0.29) is 41.9 Å². The van der Waals surface area contributed by atoms with Crippen molar-refractivity contribution in [3.05, 3.63) is 29.8 Å². The summed E-state index contributed by atoms with van der Waals surface area (Å²) in [5.41, 5.74) is 5.68. The van der Waals surface area contributed by atoms with Crippen LogP contribution >= 0.6 is 0 Å². The van der Waals surface area contributed by atoms with Crippen molar-refractivity contribution in [2.45, 2.75) is 76.5 Å². The van der Waals surface area contributed by atoms with Gasteiger partial charge in [-0.1, -0.05) is 13.8 Å². The highest BCUT2D eigenvalue weighted by Crippen LogP contribution is 2.38. The summed E-state index contributed by atoms with van der Waals surface area (Å²) >= 11 is 0. The Morgan fingerprint density at radius 2 is 1.78 bits per heavy atom. The fourth-order valence-corrected chi connectivity index (χ4v) is 5.64. The molecule has 0 radical (unpaired) electrons. The zero-order chi connectivity index (χ0) is 26.2. The van der Waals surface area contributed by atoms with Gasteiger partial charge < -0.3 is 26.2 Å². The maximum absolute atomic E-state index is 13.7. The van der Waals surface area contributed by atoms with E-state index < -0.39 is 23.7 Å². The first-order valence-corrected chi connectivity index (χ1v) is 12.6. The molecule has 1 aromatic rings. The van der Waals surface area contributed by atoms with E-state index in [1.54, 1.807) is 29.2 Å². The van der Waals surface area contributed by atoms with Crippen molar-refractivity contribution >= 4 is 35.1 Å². The molecule has 36 heavy (non-hydrogen) atoms. The number of nitrogens with two attached hydrogens (primary N) is 1. The number of carbonyl (C=O) groups excluding carboxylic acids is 5. The number of nitrogens with one attached hydrogen (secondary N) is 2. The summed E-state index contributed by atoms with van der Waals surface area (Å²) in [5.74, 6) is -1.29. The van der Waals surface area contributed by atoms with Crippen molar-refractivity contribution < 1.29 is 24.0 Å². The van der Waals surface area contributed by atoms with Gasteiger partial charge in [0, 0.05) is 24.7 Å². The Kier molecular flexibility index (Phi) is 7.06. The van der Waals surface area contributed by atoms with Gasteiger partial charge in [0.1, 0.15) is 17.6 Å². The monoisotopic (exact) mass is 497 g/mol. The number of carbonyl (C=O) groups is 5. The predicted molar refractivity (Wildman–Crippen MR) is 133 cm³/mol. The highest BCUT2D eigenvalue weighted by Gasteiger charge is 2.56.